The number of rotatable bonds is 4. The van der Waals surface area contributed by atoms with Gasteiger partial charge in [0.25, 0.3) is 5.91 Å². The number of imide groups is 1. The van der Waals surface area contributed by atoms with Gasteiger partial charge < -0.3 is 5.32 Å². The van der Waals surface area contributed by atoms with Crippen LogP contribution in [0.15, 0.2) is 23.2 Å². The lowest BCUT2D eigenvalue weighted by atomic mass is 10.3. The molecule has 2 heterocycles. The molecule has 17 heavy (non-hydrogen) atoms. The summed E-state index contributed by atoms with van der Waals surface area (Å²) in [5, 5.41) is 4.54. The molecule has 0 bridgehead atoms. The minimum atomic E-state index is -0.314. The standard InChI is InChI=1S/C12H14N2O2S/c1-2-3-6-14-11(15)10(13-12(14)16)8-9-5-4-7-17-9/h4-5,7-8H,2-3,6H2,1H3,(H,13,16). The molecule has 0 radical (unpaired) electrons. The number of hydrogen-bond donors (Lipinski definition) is 1. The molecule has 1 N–H and O–H groups in total. The van der Waals surface area contributed by atoms with Crippen molar-refractivity contribution in [2.45, 2.75) is 19.8 Å². The van der Waals surface area contributed by atoms with E-state index in [2.05, 4.69) is 5.32 Å². The Balaban J connectivity index is 2.13. The predicted molar refractivity (Wildman–Crippen MR) is 67.4 cm³/mol. The maximum Gasteiger partial charge on any atom is 0.329 e. The van der Waals surface area contributed by atoms with Gasteiger partial charge >= 0.3 is 6.03 Å². The highest BCUT2D eigenvalue weighted by Crippen LogP contribution is 2.17. The fourth-order valence-corrected chi connectivity index (χ4v) is 2.26. The topological polar surface area (TPSA) is 49.4 Å². The van der Waals surface area contributed by atoms with Crippen LogP contribution in [0.4, 0.5) is 4.79 Å². The Morgan fingerprint density at radius 1 is 1.47 bits per heavy atom. The van der Waals surface area contributed by atoms with Crippen molar-refractivity contribution in [2.75, 3.05) is 6.54 Å². The van der Waals surface area contributed by atoms with E-state index < -0.39 is 0 Å². The number of thiophene rings is 1. The largest absolute Gasteiger partial charge is 0.329 e. The van der Waals surface area contributed by atoms with Gasteiger partial charge in [-0.2, -0.15) is 0 Å². The molecular formula is C12H14N2O2S. The second-order valence-electron chi connectivity index (χ2n) is 3.81. The fraction of sp³-hybridized carbons (Fsp3) is 0.333. The number of amides is 3. The molecule has 90 valence electrons. The summed E-state index contributed by atoms with van der Waals surface area (Å²) in [7, 11) is 0. The summed E-state index contributed by atoms with van der Waals surface area (Å²) in [6.07, 6.45) is 3.52. The lowest BCUT2D eigenvalue weighted by molar-refractivity contribution is -0.122. The Bertz CT molecular complexity index is 451. The van der Waals surface area contributed by atoms with Gasteiger partial charge in [-0.15, -0.1) is 11.3 Å². The van der Waals surface area contributed by atoms with Crippen molar-refractivity contribution < 1.29 is 9.59 Å². The van der Waals surface area contributed by atoms with E-state index in [9.17, 15) is 9.59 Å². The zero-order valence-corrected chi connectivity index (χ0v) is 10.4. The lowest BCUT2D eigenvalue weighted by Gasteiger charge is -2.09. The minimum absolute atomic E-state index is 0.225. The zero-order valence-electron chi connectivity index (χ0n) is 9.60. The van der Waals surface area contributed by atoms with Crippen molar-refractivity contribution in [3.05, 3.63) is 28.1 Å². The molecule has 0 aliphatic carbocycles. The summed E-state index contributed by atoms with van der Waals surface area (Å²) >= 11 is 1.53. The van der Waals surface area contributed by atoms with E-state index in [4.69, 9.17) is 0 Å². The smallest absolute Gasteiger partial charge is 0.303 e. The van der Waals surface area contributed by atoms with Crippen LogP contribution in [-0.4, -0.2) is 23.4 Å². The van der Waals surface area contributed by atoms with E-state index in [1.54, 1.807) is 6.08 Å². The van der Waals surface area contributed by atoms with Gasteiger partial charge in [0.05, 0.1) is 0 Å². The first kappa shape index (κ1) is 11.9. The van der Waals surface area contributed by atoms with Crippen LogP contribution < -0.4 is 5.32 Å². The first-order valence-electron chi connectivity index (χ1n) is 5.60. The molecule has 1 fully saturated rings. The van der Waals surface area contributed by atoms with Crippen molar-refractivity contribution in [1.82, 2.24) is 10.2 Å². The summed E-state index contributed by atoms with van der Waals surface area (Å²) < 4.78 is 0. The number of hydrogen-bond acceptors (Lipinski definition) is 3. The van der Waals surface area contributed by atoms with Gasteiger partial charge in [0.15, 0.2) is 0 Å². The Kier molecular flexibility index (Phi) is 3.58. The second-order valence-corrected chi connectivity index (χ2v) is 4.79. The molecule has 1 saturated heterocycles. The SMILES string of the molecule is CCCCN1C(=O)NC(=Cc2cccs2)C1=O. The van der Waals surface area contributed by atoms with E-state index in [0.717, 1.165) is 17.7 Å². The van der Waals surface area contributed by atoms with E-state index in [-0.39, 0.29) is 11.9 Å². The van der Waals surface area contributed by atoms with Crippen LogP contribution in [0.25, 0.3) is 6.08 Å². The number of nitrogens with zero attached hydrogens (tertiary/aromatic N) is 1. The predicted octanol–water partition coefficient (Wildman–Crippen LogP) is 2.44. The van der Waals surface area contributed by atoms with Crippen LogP contribution in [0.2, 0.25) is 0 Å². The molecule has 4 nitrogen and oxygen atoms in total. The summed E-state index contributed by atoms with van der Waals surface area (Å²) in [5.74, 6) is -0.225. The number of urea groups is 1. The summed E-state index contributed by atoms with van der Waals surface area (Å²) in [5.41, 5.74) is 0.369. The third-order valence-corrected chi connectivity index (χ3v) is 3.35. The molecule has 0 aromatic carbocycles. The molecule has 1 aromatic rings. The van der Waals surface area contributed by atoms with Crippen molar-refractivity contribution >= 4 is 29.4 Å². The number of unbranched alkanes of at least 4 members (excludes halogenated alkanes) is 1. The normalized spacial score (nSPS) is 17.9. The van der Waals surface area contributed by atoms with Crippen LogP contribution in [0, 0.1) is 0 Å². The molecular weight excluding hydrogens is 236 g/mol. The Morgan fingerprint density at radius 2 is 2.29 bits per heavy atom. The third-order valence-electron chi connectivity index (χ3n) is 2.53. The van der Waals surface area contributed by atoms with Crippen molar-refractivity contribution in [2.24, 2.45) is 0 Å². The van der Waals surface area contributed by atoms with Gasteiger partial charge in [0.1, 0.15) is 5.70 Å². The van der Waals surface area contributed by atoms with Gasteiger partial charge in [-0.3, -0.25) is 9.69 Å². The maximum absolute atomic E-state index is 11.9. The highest BCUT2D eigenvalue weighted by molar-refractivity contribution is 7.10. The van der Waals surface area contributed by atoms with Crippen LogP contribution in [0.1, 0.15) is 24.6 Å². The van der Waals surface area contributed by atoms with Gasteiger partial charge in [0, 0.05) is 11.4 Å². The van der Waals surface area contributed by atoms with E-state index in [1.807, 2.05) is 24.4 Å². The quantitative estimate of drug-likeness (QED) is 0.659. The fourth-order valence-electron chi connectivity index (χ4n) is 1.61. The molecule has 1 aliphatic heterocycles. The van der Waals surface area contributed by atoms with Crippen LogP contribution in [0.3, 0.4) is 0 Å². The zero-order chi connectivity index (χ0) is 12.3. The van der Waals surface area contributed by atoms with Gasteiger partial charge in [-0.05, 0) is 23.9 Å². The average molecular weight is 250 g/mol. The first-order chi connectivity index (χ1) is 8.22. The molecule has 1 aliphatic rings. The molecule has 3 amide bonds. The van der Waals surface area contributed by atoms with Crippen LogP contribution in [0.5, 0.6) is 0 Å². The summed E-state index contributed by atoms with van der Waals surface area (Å²) in [4.78, 5) is 25.7. The second kappa shape index (κ2) is 5.14. The monoisotopic (exact) mass is 250 g/mol. The first-order valence-corrected chi connectivity index (χ1v) is 6.48. The number of carbonyl (C=O) groups excluding carboxylic acids is 2. The Labute approximate surface area is 104 Å². The summed E-state index contributed by atoms with van der Waals surface area (Å²) in [6, 6.07) is 3.50. The van der Waals surface area contributed by atoms with E-state index in [1.165, 1.54) is 16.2 Å². The van der Waals surface area contributed by atoms with E-state index in [0.29, 0.717) is 12.2 Å². The van der Waals surface area contributed by atoms with Crippen molar-refractivity contribution in [3.63, 3.8) is 0 Å². The molecule has 0 atom stereocenters. The van der Waals surface area contributed by atoms with Crippen molar-refractivity contribution in [1.29, 1.82) is 0 Å². The van der Waals surface area contributed by atoms with Gasteiger partial charge in [-0.1, -0.05) is 19.4 Å². The third kappa shape index (κ3) is 2.55. The number of nitrogens with one attached hydrogen (secondary N) is 1. The van der Waals surface area contributed by atoms with Crippen LogP contribution in [-0.2, 0) is 4.79 Å². The van der Waals surface area contributed by atoms with E-state index >= 15 is 0 Å². The highest BCUT2D eigenvalue weighted by atomic mass is 32.1. The van der Waals surface area contributed by atoms with Crippen LogP contribution >= 0.6 is 11.3 Å². The average Bonchev–Trinajstić information content (AvgIpc) is 2.89. The highest BCUT2D eigenvalue weighted by Gasteiger charge is 2.32. The molecule has 2 rings (SSSR count). The van der Waals surface area contributed by atoms with Gasteiger partial charge in [0.2, 0.25) is 0 Å². The Morgan fingerprint density at radius 3 is 2.94 bits per heavy atom. The van der Waals surface area contributed by atoms with Gasteiger partial charge in [-0.25, -0.2) is 4.79 Å². The molecule has 0 spiro atoms. The molecule has 0 saturated carbocycles. The summed E-state index contributed by atoms with van der Waals surface area (Å²) in [6.45, 7) is 2.52. The minimum Gasteiger partial charge on any atom is -0.303 e. The molecule has 0 unspecified atom stereocenters. The number of carbonyl (C=O) groups is 2. The maximum atomic E-state index is 11.9. The van der Waals surface area contributed by atoms with Crippen molar-refractivity contribution in [3.8, 4) is 0 Å². The lowest BCUT2D eigenvalue weighted by Crippen LogP contribution is -2.31. The molecule has 1 aromatic heterocycles. The Hall–Kier alpha value is -1.62. The molecule has 5 heteroatoms.